The fraction of sp³-hybridized carbons (Fsp3) is 0.130. The highest BCUT2D eigenvalue weighted by Gasteiger charge is 2.29. The van der Waals surface area contributed by atoms with E-state index in [1.807, 2.05) is 36.4 Å². The van der Waals surface area contributed by atoms with Crippen molar-refractivity contribution in [2.24, 2.45) is 0 Å². The van der Waals surface area contributed by atoms with Gasteiger partial charge < -0.3 is 24.8 Å². The number of carbonyl (C=O) groups excluding carboxylic acids is 2. The summed E-state index contributed by atoms with van der Waals surface area (Å²) in [5.41, 5.74) is 1.78. The molecular formula is C23H20N2O5. The lowest BCUT2D eigenvalue weighted by Gasteiger charge is -2.26. The van der Waals surface area contributed by atoms with Gasteiger partial charge in [-0.05, 0) is 30.3 Å². The third-order valence-electron chi connectivity index (χ3n) is 4.53. The molecule has 3 aromatic carbocycles. The molecule has 0 aromatic heterocycles. The predicted molar refractivity (Wildman–Crippen MR) is 112 cm³/mol. The Bertz CT molecular complexity index is 1070. The van der Waals surface area contributed by atoms with Crippen LogP contribution in [-0.2, 0) is 9.59 Å². The minimum atomic E-state index is -0.714. The molecule has 3 aromatic rings. The zero-order valence-electron chi connectivity index (χ0n) is 16.3. The Morgan fingerprint density at radius 2 is 1.77 bits per heavy atom. The lowest BCUT2D eigenvalue weighted by Crippen LogP contribution is -2.30. The van der Waals surface area contributed by atoms with Gasteiger partial charge in [-0.25, -0.2) is 0 Å². The van der Waals surface area contributed by atoms with Crippen molar-refractivity contribution in [3.05, 3.63) is 78.4 Å². The number of carbonyl (C=O) groups is 2. The molecule has 0 radical (unpaired) electrons. The van der Waals surface area contributed by atoms with Crippen LogP contribution in [0.3, 0.4) is 0 Å². The molecule has 152 valence electrons. The number of nitrogens with one attached hydrogen (secondary N) is 2. The minimum Gasteiger partial charge on any atom is -0.493 e. The van der Waals surface area contributed by atoms with E-state index < -0.39 is 6.10 Å². The molecule has 0 spiro atoms. The van der Waals surface area contributed by atoms with Crippen molar-refractivity contribution in [3.63, 3.8) is 0 Å². The average molecular weight is 404 g/mol. The molecule has 0 saturated heterocycles. The van der Waals surface area contributed by atoms with Gasteiger partial charge in [0.2, 0.25) is 6.10 Å². The number of methoxy groups -OCH3 is 1. The Morgan fingerprint density at radius 3 is 2.53 bits per heavy atom. The second kappa shape index (κ2) is 8.57. The van der Waals surface area contributed by atoms with Crippen LogP contribution in [0.25, 0.3) is 0 Å². The van der Waals surface area contributed by atoms with E-state index in [2.05, 4.69) is 10.6 Å². The Labute approximate surface area is 173 Å². The van der Waals surface area contributed by atoms with Crippen LogP contribution in [0.4, 0.5) is 11.4 Å². The molecule has 1 heterocycles. The van der Waals surface area contributed by atoms with E-state index in [1.54, 1.807) is 36.4 Å². The molecule has 1 aliphatic heterocycles. The van der Waals surface area contributed by atoms with E-state index in [0.29, 0.717) is 28.6 Å². The molecule has 30 heavy (non-hydrogen) atoms. The first-order valence-corrected chi connectivity index (χ1v) is 9.36. The van der Waals surface area contributed by atoms with Gasteiger partial charge in [0, 0.05) is 11.3 Å². The molecule has 1 unspecified atom stereocenters. The van der Waals surface area contributed by atoms with Gasteiger partial charge in [0.15, 0.2) is 18.1 Å². The Balaban J connectivity index is 1.40. The Kier molecular flexibility index (Phi) is 5.52. The van der Waals surface area contributed by atoms with Crippen molar-refractivity contribution < 1.29 is 23.8 Å². The van der Waals surface area contributed by atoms with E-state index in [-0.39, 0.29) is 18.4 Å². The molecule has 1 atom stereocenters. The summed E-state index contributed by atoms with van der Waals surface area (Å²) in [6.45, 7) is -0.184. The molecule has 7 nitrogen and oxygen atoms in total. The number of hydrogen-bond donors (Lipinski definition) is 2. The van der Waals surface area contributed by atoms with E-state index in [4.69, 9.17) is 14.2 Å². The highest BCUT2D eigenvalue weighted by molar-refractivity contribution is 6.00. The van der Waals surface area contributed by atoms with Crippen LogP contribution in [0.5, 0.6) is 17.2 Å². The highest BCUT2D eigenvalue weighted by Crippen LogP contribution is 2.36. The standard InChI is InChI=1S/C23H20N2O5/c1-28-19-9-5-6-10-20(19)29-14-21(26)24-16-11-12-18-17(13-16)25-23(27)22(30-18)15-7-3-2-4-8-15/h2-13,22H,14H2,1H3,(H,24,26)(H,25,27). The monoisotopic (exact) mass is 404 g/mol. The van der Waals surface area contributed by atoms with Crippen LogP contribution < -0.4 is 24.8 Å². The van der Waals surface area contributed by atoms with Crippen LogP contribution in [0.15, 0.2) is 72.8 Å². The van der Waals surface area contributed by atoms with E-state index in [9.17, 15) is 9.59 Å². The first kappa shape index (κ1) is 19.3. The molecule has 0 bridgehead atoms. The number of fused-ring (bicyclic) bond motifs is 1. The molecule has 2 amide bonds. The number of anilines is 2. The number of hydrogen-bond acceptors (Lipinski definition) is 5. The molecule has 0 fully saturated rings. The summed E-state index contributed by atoms with van der Waals surface area (Å²) in [5, 5.41) is 5.58. The molecule has 1 aliphatic rings. The van der Waals surface area contributed by atoms with Gasteiger partial charge in [-0.1, -0.05) is 42.5 Å². The highest BCUT2D eigenvalue weighted by atomic mass is 16.5. The number of rotatable bonds is 6. The van der Waals surface area contributed by atoms with E-state index in [1.165, 1.54) is 7.11 Å². The van der Waals surface area contributed by atoms with Gasteiger partial charge in [-0.15, -0.1) is 0 Å². The lowest BCUT2D eigenvalue weighted by atomic mass is 10.1. The second-order valence-corrected chi connectivity index (χ2v) is 6.60. The zero-order valence-corrected chi connectivity index (χ0v) is 16.3. The molecule has 0 aliphatic carbocycles. The van der Waals surface area contributed by atoms with Crippen LogP contribution in [0.2, 0.25) is 0 Å². The molecular weight excluding hydrogens is 384 g/mol. The van der Waals surface area contributed by atoms with Gasteiger partial charge in [0.05, 0.1) is 12.8 Å². The maximum Gasteiger partial charge on any atom is 0.270 e. The van der Waals surface area contributed by atoms with Crippen molar-refractivity contribution in [2.45, 2.75) is 6.10 Å². The Morgan fingerprint density at radius 1 is 1.03 bits per heavy atom. The quantitative estimate of drug-likeness (QED) is 0.653. The zero-order chi connectivity index (χ0) is 20.9. The summed E-state index contributed by atoms with van der Waals surface area (Å²) in [4.78, 5) is 24.7. The van der Waals surface area contributed by atoms with Crippen LogP contribution in [0, 0.1) is 0 Å². The van der Waals surface area contributed by atoms with Crippen molar-refractivity contribution in [1.29, 1.82) is 0 Å². The lowest BCUT2D eigenvalue weighted by molar-refractivity contribution is -0.123. The molecule has 7 heteroatoms. The molecule has 0 saturated carbocycles. The van der Waals surface area contributed by atoms with E-state index in [0.717, 1.165) is 5.56 Å². The fourth-order valence-electron chi connectivity index (χ4n) is 3.11. The van der Waals surface area contributed by atoms with Crippen LogP contribution in [0.1, 0.15) is 11.7 Å². The van der Waals surface area contributed by atoms with Gasteiger partial charge in [-0.3, -0.25) is 9.59 Å². The van der Waals surface area contributed by atoms with Crippen molar-refractivity contribution in [3.8, 4) is 17.2 Å². The van der Waals surface area contributed by atoms with Crippen LogP contribution >= 0.6 is 0 Å². The molecule has 2 N–H and O–H groups in total. The number of benzene rings is 3. The summed E-state index contributed by atoms with van der Waals surface area (Å²) < 4.78 is 16.6. The second-order valence-electron chi connectivity index (χ2n) is 6.60. The number of amides is 2. The third-order valence-corrected chi connectivity index (χ3v) is 4.53. The first-order valence-electron chi connectivity index (χ1n) is 9.36. The summed E-state index contributed by atoms with van der Waals surface area (Å²) >= 11 is 0. The molecule has 4 rings (SSSR count). The maximum absolute atomic E-state index is 12.5. The maximum atomic E-state index is 12.5. The van der Waals surface area contributed by atoms with Gasteiger partial charge >= 0.3 is 0 Å². The van der Waals surface area contributed by atoms with Gasteiger partial charge in [0.25, 0.3) is 11.8 Å². The smallest absolute Gasteiger partial charge is 0.270 e. The number of ether oxygens (including phenoxy) is 3. The minimum absolute atomic E-state index is 0.184. The summed E-state index contributed by atoms with van der Waals surface area (Å²) in [6.07, 6.45) is -0.714. The summed E-state index contributed by atoms with van der Waals surface area (Å²) in [5.74, 6) is 0.953. The average Bonchev–Trinajstić information content (AvgIpc) is 2.78. The normalized spacial score (nSPS) is 14.7. The Hall–Kier alpha value is -4.00. The topological polar surface area (TPSA) is 85.9 Å². The largest absolute Gasteiger partial charge is 0.493 e. The summed E-state index contributed by atoms with van der Waals surface area (Å²) in [7, 11) is 1.54. The predicted octanol–water partition coefficient (Wildman–Crippen LogP) is 3.78. The third kappa shape index (κ3) is 4.20. The van der Waals surface area contributed by atoms with Crippen LogP contribution in [-0.4, -0.2) is 25.5 Å². The fourth-order valence-corrected chi connectivity index (χ4v) is 3.11. The van der Waals surface area contributed by atoms with Gasteiger partial charge in [0.1, 0.15) is 5.75 Å². The summed E-state index contributed by atoms with van der Waals surface area (Å²) in [6, 6.07) is 21.4. The van der Waals surface area contributed by atoms with Gasteiger partial charge in [-0.2, -0.15) is 0 Å². The van der Waals surface area contributed by atoms with Crippen molar-refractivity contribution in [1.82, 2.24) is 0 Å². The number of para-hydroxylation sites is 2. The SMILES string of the molecule is COc1ccccc1OCC(=O)Nc1ccc2c(c1)NC(=O)C(c1ccccc1)O2. The van der Waals surface area contributed by atoms with E-state index >= 15 is 0 Å². The van der Waals surface area contributed by atoms with Crippen molar-refractivity contribution >= 4 is 23.2 Å². The van der Waals surface area contributed by atoms with Crippen molar-refractivity contribution in [2.75, 3.05) is 24.4 Å². The first-order chi connectivity index (χ1) is 14.6.